The second-order valence-electron chi connectivity index (χ2n) is 3.78. The van der Waals surface area contributed by atoms with Gasteiger partial charge in [-0.05, 0) is 6.42 Å². The maximum Gasteiger partial charge on any atom is 0.306 e. The molecule has 0 spiro atoms. The maximum absolute atomic E-state index is 11.0. The number of halogens is 1. The molecule has 0 amide bonds. The maximum atomic E-state index is 11.0. The van der Waals surface area contributed by atoms with E-state index in [0.29, 0.717) is 13.0 Å². The molecule has 0 bridgehead atoms. The number of rotatable bonds is 10. The molecular weight excluding hydrogens is 303 g/mol. The lowest BCUT2D eigenvalue weighted by molar-refractivity contribution is -0.143. The number of hydrogen-bond acceptors (Lipinski definition) is 2. The summed E-state index contributed by atoms with van der Waals surface area (Å²) < 4.78 is 5.92. The summed E-state index contributed by atoms with van der Waals surface area (Å²) >= 11 is 2.19. The third-order valence-electron chi connectivity index (χ3n) is 2.31. The molecule has 2 nitrogen and oxygen atoms in total. The van der Waals surface area contributed by atoms with E-state index in [1.54, 1.807) is 0 Å². The van der Waals surface area contributed by atoms with E-state index >= 15 is 0 Å². The van der Waals surface area contributed by atoms with Crippen LogP contribution in [0.3, 0.4) is 0 Å². The quantitative estimate of drug-likeness (QED) is 0.261. The van der Waals surface area contributed by atoms with Gasteiger partial charge in [-0.25, -0.2) is 0 Å². The van der Waals surface area contributed by atoms with Gasteiger partial charge < -0.3 is 4.74 Å². The van der Waals surface area contributed by atoms with Crippen molar-refractivity contribution < 1.29 is 9.53 Å². The molecule has 0 atom stereocenters. The fourth-order valence-corrected chi connectivity index (χ4v) is 1.83. The van der Waals surface area contributed by atoms with Gasteiger partial charge in [0.2, 0.25) is 0 Å². The minimum atomic E-state index is -0.0459. The predicted octanol–water partition coefficient (Wildman–Crippen LogP) is 4.11. The van der Waals surface area contributed by atoms with Crippen LogP contribution in [0.15, 0.2) is 0 Å². The van der Waals surface area contributed by atoms with Gasteiger partial charge >= 0.3 is 5.97 Å². The molecule has 0 N–H and O–H groups in total. The Morgan fingerprint density at radius 3 is 2.27 bits per heavy atom. The molecule has 3 heteroatoms. The first-order chi connectivity index (χ1) is 7.31. The number of ether oxygens (including phenoxy) is 1. The minimum absolute atomic E-state index is 0.0459. The lowest BCUT2D eigenvalue weighted by atomic mass is 10.1. The third-order valence-corrected chi connectivity index (χ3v) is 2.85. The van der Waals surface area contributed by atoms with Crippen LogP contribution < -0.4 is 0 Å². The summed E-state index contributed by atoms with van der Waals surface area (Å²) in [6.07, 6.45) is 9.39. The lowest BCUT2D eigenvalue weighted by Crippen LogP contribution is -2.05. The zero-order valence-corrected chi connectivity index (χ0v) is 11.9. The van der Waals surface area contributed by atoms with Gasteiger partial charge in [0.05, 0.1) is 13.0 Å². The van der Waals surface area contributed by atoms with Crippen LogP contribution >= 0.6 is 22.6 Å². The fourth-order valence-electron chi connectivity index (χ4n) is 1.39. The van der Waals surface area contributed by atoms with Crippen molar-refractivity contribution in [3.05, 3.63) is 0 Å². The Labute approximate surface area is 107 Å². The van der Waals surface area contributed by atoms with Gasteiger partial charge in [-0.15, -0.1) is 0 Å². The number of unbranched alkanes of at least 4 members (excludes halogenated alkanes) is 6. The van der Waals surface area contributed by atoms with Gasteiger partial charge in [-0.1, -0.05) is 68.0 Å². The van der Waals surface area contributed by atoms with E-state index in [4.69, 9.17) is 4.74 Å². The molecule has 15 heavy (non-hydrogen) atoms. The zero-order valence-electron chi connectivity index (χ0n) is 9.77. The molecule has 0 aliphatic heterocycles. The molecule has 0 radical (unpaired) electrons. The van der Waals surface area contributed by atoms with Crippen LogP contribution in [-0.2, 0) is 9.53 Å². The summed E-state index contributed by atoms with van der Waals surface area (Å²) in [4.78, 5) is 11.0. The summed E-state index contributed by atoms with van der Waals surface area (Å²) in [5, 5.41) is 0. The molecule has 0 aliphatic carbocycles. The Morgan fingerprint density at radius 1 is 1.07 bits per heavy atom. The van der Waals surface area contributed by atoms with Crippen LogP contribution in [0.5, 0.6) is 0 Å². The third kappa shape index (κ3) is 12.1. The predicted molar refractivity (Wildman–Crippen MR) is 72.5 cm³/mol. The number of carbonyl (C=O) groups is 1. The van der Waals surface area contributed by atoms with Crippen molar-refractivity contribution >= 4 is 28.6 Å². The van der Waals surface area contributed by atoms with Crippen molar-refractivity contribution in [1.82, 2.24) is 0 Å². The van der Waals surface area contributed by atoms with E-state index < -0.39 is 0 Å². The van der Waals surface area contributed by atoms with Gasteiger partial charge in [0, 0.05) is 4.43 Å². The second kappa shape index (κ2) is 12.3. The molecule has 0 fully saturated rings. The highest BCUT2D eigenvalue weighted by Crippen LogP contribution is 2.07. The summed E-state index contributed by atoms with van der Waals surface area (Å²) in [6, 6.07) is 0. The molecule has 0 aromatic carbocycles. The Hall–Kier alpha value is 0.200. The van der Waals surface area contributed by atoms with Gasteiger partial charge in [-0.2, -0.15) is 0 Å². The molecule has 0 saturated carbocycles. The largest absolute Gasteiger partial charge is 0.466 e. The van der Waals surface area contributed by atoms with Crippen LogP contribution in [0.4, 0.5) is 0 Å². The minimum Gasteiger partial charge on any atom is -0.466 e. The molecule has 0 aliphatic rings. The van der Waals surface area contributed by atoms with Gasteiger partial charge in [0.1, 0.15) is 0 Å². The van der Waals surface area contributed by atoms with E-state index in [9.17, 15) is 4.79 Å². The lowest BCUT2D eigenvalue weighted by Gasteiger charge is -2.03. The highest BCUT2D eigenvalue weighted by molar-refractivity contribution is 14.1. The second-order valence-corrected chi connectivity index (χ2v) is 4.86. The summed E-state index contributed by atoms with van der Waals surface area (Å²) in [5.41, 5.74) is 0. The summed E-state index contributed by atoms with van der Waals surface area (Å²) in [5.74, 6) is -0.0459. The van der Waals surface area contributed by atoms with Gasteiger partial charge in [0.15, 0.2) is 0 Å². The number of alkyl halides is 1. The number of esters is 1. The molecule has 0 rings (SSSR count). The van der Waals surface area contributed by atoms with Crippen LogP contribution in [0.1, 0.15) is 58.3 Å². The summed E-state index contributed by atoms with van der Waals surface area (Å²) in [7, 11) is 0. The van der Waals surface area contributed by atoms with E-state index in [0.717, 1.165) is 10.8 Å². The fraction of sp³-hybridized carbons (Fsp3) is 0.917. The highest BCUT2D eigenvalue weighted by atomic mass is 127. The van der Waals surface area contributed by atoms with Gasteiger partial charge in [-0.3, -0.25) is 4.79 Å². The summed E-state index contributed by atoms with van der Waals surface area (Å²) in [6.45, 7) is 2.84. The first-order valence-corrected chi connectivity index (χ1v) is 7.55. The number of carbonyl (C=O) groups excluding carboxylic acids is 1. The molecule has 0 heterocycles. The first-order valence-electron chi connectivity index (χ1n) is 6.02. The van der Waals surface area contributed by atoms with Crippen molar-refractivity contribution in [2.24, 2.45) is 0 Å². The molecule has 0 unspecified atom stereocenters. The Balaban J connectivity index is 3.01. The average Bonchev–Trinajstić information content (AvgIpc) is 2.22. The standard InChI is InChI=1S/C12H23IO2/c1-2-3-4-5-6-7-8-11-15-12(14)9-10-13/h2-11H2,1H3. The van der Waals surface area contributed by atoms with Crippen molar-refractivity contribution in [3.8, 4) is 0 Å². The molecule has 0 saturated heterocycles. The van der Waals surface area contributed by atoms with E-state index in [2.05, 4.69) is 29.5 Å². The normalized spacial score (nSPS) is 10.3. The van der Waals surface area contributed by atoms with Crippen LogP contribution in [0.2, 0.25) is 0 Å². The topological polar surface area (TPSA) is 26.3 Å². The van der Waals surface area contributed by atoms with Crippen LogP contribution in [0, 0.1) is 0 Å². The molecule has 0 aromatic heterocycles. The van der Waals surface area contributed by atoms with Crippen molar-refractivity contribution in [1.29, 1.82) is 0 Å². The van der Waals surface area contributed by atoms with Crippen molar-refractivity contribution in [2.45, 2.75) is 58.3 Å². The Morgan fingerprint density at radius 2 is 1.67 bits per heavy atom. The van der Waals surface area contributed by atoms with Crippen molar-refractivity contribution in [3.63, 3.8) is 0 Å². The highest BCUT2D eigenvalue weighted by Gasteiger charge is 1.99. The Kier molecular flexibility index (Phi) is 12.4. The Bertz CT molecular complexity index is 149. The van der Waals surface area contributed by atoms with Crippen LogP contribution in [-0.4, -0.2) is 17.0 Å². The smallest absolute Gasteiger partial charge is 0.306 e. The van der Waals surface area contributed by atoms with Gasteiger partial charge in [0.25, 0.3) is 0 Å². The van der Waals surface area contributed by atoms with E-state index in [-0.39, 0.29) is 5.97 Å². The van der Waals surface area contributed by atoms with Crippen LogP contribution in [0.25, 0.3) is 0 Å². The molecule has 90 valence electrons. The van der Waals surface area contributed by atoms with E-state index in [1.807, 2.05) is 0 Å². The molecule has 0 aromatic rings. The number of hydrogen-bond donors (Lipinski definition) is 0. The molecular formula is C12H23IO2. The van der Waals surface area contributed by atoms with E-state index in [1.165, 1.54) is 38.5 Å². The SMILES string of the molecule is CCCCCCCCCOC(=O)CCI. The zero-order chi connectivity index (χ0) is 11.4. The van der Waals surface area contributed by atoms with Crippen molar-refractivity contribution in [2.75, 3.05) is 11.0 Å². The monoisotopic (exact) mass is 326 g/mol. The first kappa shape index (κ1) is 15.2. The average molecular weight is 326 g/mol.